The molecule has 2 aromatic carbocycles. The highest BCUT2D eigenvalue weighted by atomic mass is 19.1. The molecule has 5 heteroatoms. The van der Waals surface area contributed by atoms with Gasteiger partial charge in [-0.15, -0.1) is 0 Å². The average molecular weight is 274 g/mol. The number of methoxy groups -OCH3 is 1. The lowest BCUT2D eigenvalue weighted by Crippen LogP contribution is -2.05. The first-order chi connectivity index (χ1) is 9.54. The van der Waals surface area contributed by atoms with E-state index < -0.39 is 17.8 Å². The van der Waals surface area contributed by atoms with E-state index in [0.717, 1.165) is 13.2 Å². The van der Waals surface area contributed by atoms with Gasteiger partial charge in [0.1, 0.15) is 5.82 Å². The fourth-order valence-corrected chi connectivity index (χ4v) is 1.88. The molecule has 0 atom stereocenters. The molecule has 0 fully saturated rings. The summed E-state index contributed by atoms with van der Waals surface area (Å²) in [7, 11) is 1.16. The molecule has 20 heavy (non-hydrogen) atoms. The third kappa shape index (κ3) is 2.51. The summed E-state index contributed by atoms with van der Waals surface area (Å²) in [5, 5.41) is 9.11. The van der Waals surface area contributed by atoms with Crippen LogP contribution >= 0.6 is 0 Å². The van der Waals surface area contributed by atoms with E-state index in [2.05, 4.69) is 4.74 Å². The van der Waals surface area contributed by atoms with Gasteiger partial charge in [0, 0.05) is 0 Å². The van der Waals surface area contributed by atoms with Crippen LogP contribution in [-0.4, -0.2) is 24.2 Å². The van der Waals surface area contributed by atoms with E-state index in [1.54, 1.807) is 18.2 Å². The highest BCUT2D eigenvalue weighted by Crippen LogP contribution is 2.25. The van der Waals surface area contributed by atoms with Crippen molar-refractivity contribution < 1.29 is 23.8 Å². The summed E-state index contributed by atoms with van der Waals surface area (Å²) in [6.45, 7) is 0. The predicted molar refractivity (Wildman–Crippen MR) is 70.1 cm³/mol. The molecule has 0 bridgehead atoms. The lowest BCUT2D eigenvalue weighted by Gasteiger charge is -2.08. The minimum Gasteiger partial charge on any atom is -0.478 e. The number of hydrogen-bond donors (Lipinski definition) is 1. The number of hydrogen-bond acceptors (Lipinski definition) is 3. The number of rotatable bonds is 3. The van der Waals surface area contributed by atoms with Gasteiger partial charge in [-0.2, -0.15) is 0 Å². The number of benzene rings is 2. The smallest absolute Gasteiger partial charge is 0.340 e. The van der Waals surface area contributed by atoms with Crippen LogP contribution in [0.3, 0.4) is 0 Å². The molecular formula is C15H11FO4. The fraction of sp³-hybridized carbons (Fsp3) is 0.0667. The Morgan fingerprint density at radius 1 is 1.10 bits per heavy atom. The molecule has 2 aromatic rings. The maximum Gasteiger partial charge on any atom is 0.340 e. The van der Waals surface area contributed by atoms with Gasteiger partial charge in [-0.3, -0.25) is 0 Å². The Bertz CT molecular complexity index is 679. The molecule has 0 heterocycles. The van der Waals surface area contributed by atoms with E-state index >= 15 is 0 Å². The van der Waals surface area contributed by atoms with Crippen molar-refractivity contribution in [3.05, 3.63) is 59.4 Å². The van der Waals surface area contributed by atoms with Crippen LogP contribution in [-0.2, 0) is 4.74 Å². The summed E-state index contributed by atoms with van der Waals surface area (Å²) in [5.41, 5.74) is 0.644. The second-order valence-corrected chi connectivity index (χ2v) is 4.04. The highest BCUT2D eigenvalue weighted by molar-refractivity contribution is 5.96. The largest absolute Gasteiger partial charge is 0.478 e. The van der Waals surface area contributed by atoms with E-state index in [1.807, 2.05) is 0 Å². The minimum atomic E-state index is -1.10. The van der Waals surface area contributed by atoms with Gasteiger partial charge in [-0.05, 0) is 29.3 Å². The van der Waals surface area contributed by atoms with E-state index in [4.69, 9.17) is 5.11 Å². The lowest BCUT2D eigenvalue weighted by atomic mass is 9.98. The second kappa shape index (κ2) is 5.52. The fourth-order valence-electron chi connectivity index (χ4n) is 1.88. The van der Waals surface area contributed by atoms with Gasteiger partial charge in [0.25, 0.3) is 0 Å². The quantitative estimate of drug-likeness (QED) is 0.874. The van der Waals surface area contributed by atoms with Crippen LogP contribution in [0.4, 0.5) is 4.39 Å². The van der Waals surface area contributed by atoms with Crippen LogP contribution in [0, 0.1) is 5.82 Å². The van der Waals surface area contributed by atoms with Gasteiger partial charge in [-0.25, -0.2) is 14.0 Å². The maximum atomic E-state index is 13.9. The Hall–Kier alpha value is -2.69. The third-order valence-corrected chi connectivity index (χ3v) is 2.84. The molecule has 1 N–H and O–H groups in total. The molecule has 0 saturated carbocycles. The number of halogens is 1. The minimum absolute atomic E-state index is 0.0673. The Morgan fingerprint density at radius 2 is 1.80 bits per heavy atom. The standard InChI is InChI=1S/C15H11FO4/c1-20-15(19)12-7-6-9(8-13(12)16)10-4-2-3-5-11(10)14(17)18/h2-8H,1H3,(H,17,18). The molecule has 0 aromatic heterocycles. The number of carboxylic acids is 1. The topological polar surface area (TPSA) is 63.6 Å². The number of carbonyl (C=O) groups is 2. The highest BCUT2D eigenvalue weighted by Gasteiger charge is 2.15. The van der Waals surface area contributed by atoms with Crippen molar-refractivity contribution in [3.63, 3.8) is 0 Å². The molecule has 0 aliphatic rings. The Kier molecular flexibility index (Phi) is 3.79. The van der Waals surface area contributed by atoms with Crippen molar-refractivity contribution >= 4 is 11.9 Å². The van der Waals surface area contributed by atoms with E-state index in [1.165, 1.54) is 18.2 Å². The SMILES string of the molecule is COC(=O)c1ccc(-c2ccccc2C(=O)O)cc1F. The van der Waals surface area contributed by atoms with Crippen molar-refractivity contribution in [1.29, 1.82) is 0 Å². The predicted octanol–water partition coefficient (Wildman–Crippen LogP) is 2.98. The summed E-state index contributed by atoms with van der Waals surface area (Å²) in [4.78, 5) is 22.4. The van der Waals surface area contributed by atoms with Crippen LogP contribution in [0.15, 0.2) is 42.5 Å². The monoisotopic (exact) mass is 274 g/mol. The van der Waals surface area contributed by atoms with Gasteiger partial charge in [-0.1, -0.05) is 24.3 Å². The van der Waals surface area contributed by atoms with Gasteiger partial charge in [0.2, 0.25) is 0 Å². The average Bonchev–Trinajstić information content (AvgIpc) is 2.46. The van der Waals surface area contributed by atoms with Crippen molar-refractivity contribution in [2.45, 2.75) is 0 Å². The molecule has 0 amide bonds. The first-order valence-corrected chi connectivity index (χ1v) is 5.75. The summed E-state index contributed by atoms with van der Waals surface area (Å²) in [6.07, 6.45) is 0. The zero-order valence-corrected chi connectivity index (χ0v) is 10.6. The Morgan fingerprint density at radius 3 is 2.40 bits per heavy atom. The number of carboxylic acid groups (broad SMARTS) is 1. The van der Waals surface area contributed by atoms with E-state index in [0.29, 0.717) is 11.1 Å². The zero-order chi connectivity index (χ0) is 14.7. The molecule has 0 radical (unpaired) electrons. The van der Waals surface area contributed by atoms with Gasteiger partial charge in [0.15, 0.2) is 0 Å². The van der Waals surface area contributed by atoms with Crippen molar-refractivity contribution in [1.82, 2.24) is 0 Å². The zero-order valence-electron chi connectivity index (χ0n) is 10.6. The van der Waals surface area contributed by atoms with E-state index in [9.17, 15) is 14.0 Å². The molecule has 0 spiro atoms. The van der Waals surface area contributed by atoms with Crippen LogP contribution in [0.1, 0.15) is 20.7 Å². The summed E-state index contributed by atoms with van der Waals surface area (Å²) in [5.74, 6) is -2.63. The molecule has 4 nitrogen and oxygen atoms in total. The van der Waals surface area contributed by atoms with Crippen LogP contribution in [0.25, 0.3) is 11.1 Å². The number of ether oxygens (including phenoxy) is 1. The number of aromatic carboxylic acids is 1. The van der Waals surface area contributed by atoms with Crippen molar-refractivity contribution in [2.24, 2.45) is 0 Å². The lowest BCUT2D eigenvalue weighted by molar-refractivity contribution is 0.0594. The molecule has 2 rings (SSSR count). The van der Waals surface area contributed by atoms with Crippen LogP contribution in [0.5, 0.6) is 0 Å². The molecular weight excluding hydrogens is 263 g/mol. The van der Waals surface area contributed by atoms with Crippen molar-refractivity contribution in [2.75, 3.05) is 7.11 Å². The summed E-state index contributed by atoms with van der Waals surface area (Å²) in [6, 6.07) is 10.1. The second-order valence-electron chi connectivity index (χ2n) is 4.04. The van der Waals surface area contributed by atoms with Gasteiger partial charge in [0.05, 0.1) is 18.2 Å². The molecule has 0 aliphatic carbocycles. The number of carbonyl (C=O) groups excluding carboxylic acids is 1. The molecule has 0 aliphatic heterocycles. The normalized spacial score (nSPS) is 10.1. The molecule has 0 unspecified atom stereocenters. The van der Waals surface area contributed by atoms with E-state index in [-0.39, 0.29) is 11.1 Å². The maximum absolute atomic E-state index is 13.9. The first kappa shape index (κ1) is 13.7. The van der Waals surface area contributed by atoms with Crippen LogP contribution in [0.2, 0.25) is 0 Å². The molecule has 0 saturated heterocycles. The summed E-state index contributed by atoms with van der Waals surface area (Å²) < 4.78 is 18.3. The third-order valence-electron chi connectivity index (χ3n) is 2.84. The Labute approximate surface area is 114 Å². The summed E-state index contributed by atoms with van der Waals surface area (Å²) >= 11 is 0. The molecule has 102 valence electrons. The first-order valence-electron chi connectivity index (χ1n) is 5.75. The van der Waals surface area contributed by atoms with Gasteiger partial charge >= 0.3 is 11.9 Å². The van der Waals surface area contributed by atoms with Crippen molar-refractivity contribution in [3.8, 4) is 11.1 Å². The Balaban J connectivity index is 2.53. The van der Waals surface area contributed by atoms with Gasteiger partial charge < -0.3 is 9.84 Å². The van der Waals surface area contributed by atoms with Crippen LogP contribution < -0.4 is 0 Å². The number of esters is 1.